The quantitative estimate of drug-likeness (QED) is 0.400. The van der Waals surface area contributed by atoms with Gasteiger partial charge in [0, 0.05) is 50.3 Å². The molecule has 3 aromatic rings. The third-order valence-electron chi connectivity index (χ3n) is 6.42. The van der Waals surface area contributed by atoms with Crippen LogP contribution in [0.3, 0.4) is 0 Å². The van der Waals surface area contributed by atoms with E-state index in [1.54, 1.807) is 18.2 Å². The first-order valence-corrected chi connectivity index (χ1v) is 12.4. The molecule has 206 valence electrons. The maximum atomic E-state index is 13.6. The Morgan fingerprint density at radius 2 is 2.10 bits per heavy atom. The summed E-state index contributed by atoms with van der Waals surface area (Å²) in [6.45, 7) is 1.45. The van der Waals surface area contributed by atoms with Gasteiger partial charge >= 0.3 is 12.2 Å². The number of alkyl halides is 3. The number of carbonyl (C=O) groups excluding carboxylic acids is 1. The molecule has 1 unspecified atom stereocenters. The zero-order valence-electron chi connectivity index (χ0n) is 20.7. The summed E-state index contributed by atoms with van der Waals surface area (Å²) in [6.07, 6.45) is -1.39. The van der Waals surface area contributed by atoms with Gasteiger partial charge in [-0.1, -0.05) is 11.6 Å². The Labute approximate surface area is 226 Å². The number of amides is 2. The van der Waals surface area contributed by atoms with Gasteiger partial charge in [0.1, 0.15) is 0 Å². The van der Waals surface area contributed by atoms with E-state index >= 15 is 0 Å². The van der Waals surface area contributed by atoms with Gasteiger partial charge in [-0.25, -0.2) is 19.7 Å². The molecule has 2 bridgehead atoms. The minimum atomic E-state index is -4.64. The highest BCUT2D eigenvalue weighted by atomic mass is 35.5. The molecular weight excluding hydrogens is 541 g/mol. The van der Waals surface area contributed by atoms with Gasteiger partial charge in [0.05, 0.1) is 47.3 Å². The highest BCUT2D eigenvalue weighted by Gasteiger charge is 2.41. The highest BCUT2D eigenvalue weighted by molar-refractivity contribution is 6.33. The molecule has 1 fully saturated rings. The van der Waals surface area contributed by atoms with Crippen LogP contribution in [0.4, 0.5) is 35.2 Å². The molecule has 14 heteroatoms. The number of carbonyl (C=O) groups is 1. The second kappa shape index (κ2) is 10.7. The maximum Gasteiger partial charge on any atom is 0.417 e. The van der Waals surface area contributed by atoms with E-state index in [0.29, 0.717) is 43.5 Å². The number of nitrogens with one attached hydrogen (secondary N) is 1. The van der Waals surface area contributed by atoms with E-state index in [4.69, 9.17) is 26.2 Å². The Morgan fingerprint density at radius 1 is 1.28 bits per heavy atom. The Balaban J connectivity index is 1.52. The number of hydrogen-bond acceptors (Lipinski definition) is 8. The molecule has 5 rings (SSSR count). The van der Waals surface area contributed by atoms with Crippen LogP contribution < -0.4 is 24.6 Å². The Morgan fingerprint density at radius 3 is 2.85 bits per heavy atom. The summed E-state index contributed by atoms with van der Waals surface area (Å²) in [5.74, 6) is 0.454. The molecule has 0 saturated carbocycles. The fourth-order valence-corrected chi connectivity index (χ4v) is 4.85. The monoisotopic (exact) mass is 564 g/mol. The van der Waals surface area contributed by atoms with Crippen molar-refractivity contribution in [3.8, 4) is 23.0 Å². The standard InChI is InChI=1S/C25H24ClF3N6O4/c1-38-23-17(9-14(12-31-23)25(27,28)29)21-18(26)11-19-22(33-21)35(16-4-6-34(19)13-16)24(37)32-15-3-5-30-20(10-15)39-8-2-7-36/h3,5,9-12,16,36H,2,4,6-8,13H2,1H3,(H,30,32,37). The lowest BCUT2D eigenvalue weighted by atomic mass is 10.1. The molecule has 2 aliphatic heterocycles. The lowest BCUT2D eigenvalue weighted by Gasteiger charge is -2.36. The van der Waals surface area contributed by atoms with Crippen molar-refractivity contribution in [1.82, 2.24) is 15.0 Å². The van der Waals surface area contributed by atoms with E-state index in [1.807, 2.05) is 4.90 Å². The van der Waals surface area contributed by atoms with Crippen molar-refractivity contribution in [2.75, 3.05) is 48.5 Å². The second-order valence-corrected chi connectivity index (χ2v) is 9.34. The summed E-state index contributed by atoms with van der Waals surface area (Å²) in [5, 5.41) is 11.9. The van der Waals surface area contributed by atoms with Crippen molar-refractivity contribution in [1.29, 1.82) is 0 Å². The number of pyridine rings is 3. The number of halogens is 4. The zero-order chi connectivity index (χ0) is 27.7. The SMILES string of the molecule is COc1ncc(C(F)(F)F)cc1-c1nc2c(cc1Cl)N1CCC(C1)N2C(=O)Nc1ccnc(OCCCO)c1. The first-order chi connectivity index (χ1) is 18.7. The van der Waals surface area contributed by atoms with Gasteiger partial charge in [0.2, 0.25) is 11.8 Å². The van der Waals surface area contributed by atoms with Crippen LogP contribution in [0, 0.1) is 0 Å². The molecule has 0 aliphatic carbocycles. The first-order valence-electron chi connectivity index (χ1n) is 12.1. The fraction of sp³-hybridized carbons (Fsp3) is 0.360. The van der Waals surface area contributed by atoms with E-state index in [1.165, 1.54) is 18.2 Å². The molecule has 39 heavy (non-hydrogen) atoms. The molecule has 2 N–H and O–H groups in total. The van der Waals surface area contributed by atoms with Gasteiger partial charge in [-0.05, 0) is 24.6 Å². The lowest BCUT2D eigenvalue weighted by Crippen LogP contribution is -2.48. The maximum absolute atomic E-state index is 13.6. The number of ether oxygens (including phenoxy) is 2. The number of nitrogens with zero attached hydrogens (tertiary/aromatic N) is 5. The third kappa shape index (κ3) is 5.36. The number of aliphatic hydroxyl groups excluding tert-OH is 1. The van der Waals surface area contributed by atoms with Gasteiger partial charge in [0.15, 0.2) is 5.82 Å². The largest absolute Gasteiger partial charge is 0.481 e. The van der Waals surface area contributed by atoms with Crippen LogP contribution in [0.15, 0.2) is 36.7 Å². The molecule has 1 saturated heterocycles. The highest BCUT2D eigenvalue weighted by Crippen LogP contribution is 2.45. The van der Waals surface area contributed by atoms with Crippen molar-refractivity contribution in [2.45, 2.75) is 25.1 Å². The van der Waals surface area contributed by atoms with Crippen LogP contribution in [0.2, 0.25) is 5.02 Å². The second-order valence-electron chi connectivity index (χ2n) is 8.94. The topological polar surface area (TPSA) is 113 Å². The summed E-state index contributed by atoms with van der Waals surface area (Å²) >= 11 is 6.54. The third-order valence-corrected chi connectivity index (χ3v) is 6.71. The Hall–Kier alpha value is -3.84. The Kier molecular flexibility index (Phi) is 7.36. The van der Waals surface area contributed by atoms with Crippen molar-refractivity contribution >= 4 is 34.8 Å². The van der Waals surface area contributed by atoms with Crippen molar-refractivity contribution in [3.63, 3.8) is 0 Å². The predicted octanol–water partition coefficient (Wildman–Crippen LogP) is 4.61. The van der Waals surface area contributed by atoms with Crippen molar-refractivity contribution < 1.29 is 32.5 Å². The Bertz CT molecular complexity index is 1390. The van der Waals surface area contributed by atoms with Crippen LogP contribution in [-0.2, 0) is 6.18 Å². The molecule has 1 atom stereocenters. The normalized spacial score (nSPS) is 16.2. The number of fused-ring (bicyclic) bond motifs is 4. The van der Waals surface area contributed by atoms with Crippen molar-refractivity contribution in [3.05, 3.63) is 47.2 Å². The average Bonchev–Trinajstić information content (AvgIpc) is 3.33. The molecule has 10 nitrogen and oxygen atoms in total. The molecule has 0 radical (unpaired) electrons. The molecule has 0 spiro atoms. The summed E-state index contributed by atoms with van der Waals surface area (Å²) in [5.41, 5.74) is -0.00734. The molecule has 2 aliphatic rings. The minimum Gasteiger partial charge on any atom is -0.481 e. The van der Waals surface area contributed by atoms with Gasteiger partial charge < -0.3 is 24.8 Å². The number of anilines is 3. The summed E-state index contributed by atoms with van der Waals surface area (Å²) in [7, 11) is 1.29. The predicted molar refractivity (Wildman–Crippen MR) is 138 cm³/mol. The number of aromatic nitrogens is 3. The average molecular weight is 565 g/mol. The number of rotatable bonds is 7. The number of aliphatic hydroxyl groups is 1. The van der Waals surface area contributed by atoms with Gasteiger partial charge in [-0.15, -0.1) is 0 Å². The minimum absolute atomic E-state index is 0.00893. The van der Waals surface area contributed by atoms with E-state index in [-0.39, 0.29) is 53.1 Å². The number of methoxy groups -OCH3 is 1. The molecule has 2 amide bonds. The van der Waals surface area contributed by atoms with Crippen LogP contribution in [0.1, 0.15) is 18.4 Å². The number of urea groups is 1. The van der Waals surface area contributed by atoms with E-state index < -0.39 is 17.8 Å². The number of hydrogen-bond donors (Lipinski definition) is 2. The zero-order valence-corrected chi connectivity index (χ0v) is 21.5. The van der Waals surface area contributed by atoms with E-state index in [9.17, 15) is 18.0 Å². The van der Waals surface area contributed by atoms with E-state index in [0.717, 1.165) is 6.07 Å². The van der Waals surface area contributed by atoms with Crippen molar-refractivity contribution in [2.24, 2.45) is 0 Å². The fourth-order valence-electron chi connectivity index (χ4n) is 4.61. The molecule has 3 aromatic heterocycles. The summed E-state index contributed by atoms with van der Waals surface area (Å²) < 4.78 is 51.1. The van der Waals surface area contributed by atoms with Crippen LogP contribution in [0.5, 0.6) is 11.8 Å². The summed E-state index contributed by atoms with van der Waals surface area (Å²) in [4.78, 5) is 29.6. The molecule has 5 heterocycles. The van der Waals surface area contributed by atoms with Gasteiger partial charge in [0.25, 0.3) is 0 Å². The van der Waals surface area contributed by atoms with E-state index in [2.05, 4.69) is 20.3 Å². The molecule has 0 aromatic carbocycles. The lowest BCUT2D eigenvalue weighted by molar-refractivity contribution is -0.137. The molecular formula is C25H24ClF3N6O4. The summed E-state index contributed by atoms with van der Waals surface area (Å²) in [6, 6.07) is 4.93. The van der Waals surface area contributed by atoms with Gasteiger partial charge in [-0.3, -0.25) is 4.90 Å². The van der Waals surface area contributed by atoms with Crippen LogP contribution >= 0.6 is 11.6 Å². The van der Waals surface area contributed by atoms with Crippen LogP contribution in [0.25, 0.3) is 11.3 Å². The first kappa shape index (κ1) is 26.8. The van der Waals surface area contributed by atoms with Crippen LogP contribution in [-0.4, -0.2) is 65.5 Å². The smallest absolute Gasteiger partial charge is 0.417 e. The van der Waals surface area contributed by atoms with Gasteiger partial charge in [-0.2, -0.15) is 13.2 Å².